The first-order chi connectivity index (χ1) is 8.11. The van der Waals surface area contributed by atoms with E-state index in [9.17, 15) is 4.79 Å². The molecule has 1 amide bonds. The van der Waals surface area contributed by atoms with Crippen molar-refractivity contribution >= 4 is 34.8 Å². The fourth-order valence-electron chi connectivity index (χ4n) is 1.04. The van der Waals surface area contributed by atoms with Gasteiger partial charge in [0.25, 0.3) is 5.91 Å². The van der Waals surface area contributed by atoms with Crippen LogP contribution in [-0.4, -0.2) is 18.2 Å². The van der Waals surface area contributed by atoms with Crippen LogP contribution in [0.15, 0.2) is 46.1 Å². The number of hydrogen-bond acceptors (Lipinski definition) is 3. The second kappa shape index (κ2) is 6.93. The minimum Gasteiger partial charge on any atom is -0.391 e. The molecule has 2 N–H and O–H groups in total. The number of primary amides is 1. The minimum atomic E-state index is -0.669. The molecule has 6 heteroatoms. The lowest BCUT2D eigenvalue weighted by atomic mass is 10.1. The van der Waals surface area contributed by atoms with Gasteiger partial charge < -0.3 is 10.6 Å². The molecule has 0 spiro atoms. The summed E-state index contributed by atoms with van der Waals surface area (Å²) in [5, 5.41) is 3.65. The Labute approximate surface area is 109 Å². The summed E-state index contributed by atoms with van der Waals surface area (Å²) in [6, 6.07) is 8.76. The van der Waals surface area contributed by atoms with Crippen molar-refractivity contribution in [2.75, 3.05) is 6.61 Å². The zero-order chi connectivity index (χ0) is 12.7. The van der Waals surface area contributed by atoms with Crippen molar-refractivity contribution in [3.63, 3.8) is 0 Å². The molecular formula is C11H10Cl2N2O2. The summed E-state index contributed by atoms with van der Waals surface area (Å²) in [5.41, 5.74) is 5.82. The molecule has 4 nitrogen and oxygen atoms in total. The molecule has 0 saturated carbocycles. The third-order valence-corrected chi connectivity index (χ3v) is 2.06. The van der Waals surface area contributed by atoms with Crippen molar-refractivity contribution < 1.29 is 9.63 Å². The molecule has 90 valence electrons. The third kappa shape index (κ3) is 4.89. The van der Waals surface area contributed by atoms with Gasteiger partial charge in [0, 0.05) is 5.56 Å². The first-order valence-corrected chi connectivity index (χ1v) is 5.43. The SMILES string of the molecule is NC(=O)/C(=N/OCC=C(Cl)Cl)c1ccccc1. The molecule has 1 aromatic rings. The minimum absolute atomic E-state index is 0.0460. The largest absolute Gasteiger partial charge is 0.391 e. The van der Waals surface area contributed by atoms with Crippen molar-refractivity contribution in [3.8, 4) is 0 Å². The van der Waals surface area contributed by atoms with Crippen molar-refractivity contribution in [1.82, 2.24) is 0 Å². The van der Waals surface area contributed by atoms with E-state index < -0.39 is 5.91 Å². The van der Waals surface area contributed by atoms with Gasteiger partial charge in [-0.25, -0.2) is 0 Å². The van der Waals surface area contributed by atoms with Crippen LogP contribution in [0.25, 0.3) is 0 Å². The summed E-state index contributed by atoms with van der Waals surface area (Å²) in [6.07, 6.45) is 1.40. The van der Waals surface area contributed by atoms with Gasteiger partial charge in [0.1, 0.15) is 11.1 Å². The van der Waals surface area contributed by atoms with E-state index in [1.807, 2.05) is 6.07 Å². The molecule has 0 aliphatic heterocycles. The number of nitrogens with two attached hydrogens (primary N) is 1. The van der Waals surface area contributed by atoms with Gasteiger partial charge >= 0.3 is 0 Å². The molecule has 1 aromatic carbocycles. The van der Waals surface area contributed by atoms with Gasteiger partial charge in [-0.05, 0) is 6.08 Å². The molecule has 0 heterocycles. The molecule has 0 saturated heterocycles. The lowest BCUT2D eigenvalue weighted by molar-refractivity contribution is -0.112. The zero-order valence-corrected chi connectivity index (χ0v) is 10.3. The first-order valence-electron chi connectivity index (χ1n) is 4.67. The predicted molar refractivity (Wildman–Crippen MR) is 67.9 cm³/mol. The van der Waals surface area contributed by atoms with Gasteiger partial charge in [-0.15, -0.1) is 0 Å². The molecule has 0 aromatic heterocycles. The molecule has 0 unspecified atom stereocenters. The molecule has 17 heavy (non-hydrogen) atoms. The number of carbonyl (C=O) groups excluding carboxylic acids is 1. The lowest BCUT2D eigenvalue weighted by Gasteiger charge is -2.01. The molecule has 1 rings (SSSR count). The number of carbonyl (C=O) groups is 1. The van der Waals surface area contributed by atoms with Gasteiger partial charge in [0.15, 0.2) is 5.71 Å². The van der Waals surface area contributed by atoms with Crippen LogP contribution in [0.3, 0.4) is 0 Å². The molecule has 0 atom stereocenters. The number of nitrogens with zero attached hydrogens (tertiary/aromatic N) is 1. The normalized spacial score (nSPS) is 10.8. The Morgan fingerprint density at radius 3 is 2.53 bits per heavy atom. The summed E-state index contributed by atoms with van der Waals surface area (Å²) < 4.78 is 0.0699. The van der Waals surface area contributed by atoms with Gasteiger partial charge in [-0.3, -0.25) is 4.79 Å². The van der Waals surface area contributed by atoms with Crippen LogP contribution < -0.4 is 5.73 Å². The number of amides is 1. The summed E-state index contributed by atoms with van der Waals surface area (Å²) >= 11 is 10.8. The topological polar surface area (TPSA) is 64.7 Å². The van der Waals surface area contributed by atoms with Crippen molar-refractivity contribution in [3.05, 3.63) is 46.5 Å². The van der Waals surface area contributed by atoms with E-state index in [0.717, 1.165) is 0 Å². The summed E-state index contributed by atoms with van der Waals surface area (Å²) in [6.45, 7) is 0.0615. The molecule has 0 aliphatic rings. The third-order valence-electron chi connectivity index (χ3n) is 1.75. The molecular weight excluding hydrogens is 263 g/mol. The highest BCUT2D eigenvalue weighted by atomic mass is 35.5. The fourth-order valence-corrected chi connectivity index (χ4v) is 1.16. The van der Waals surface area contributed by atoms with E-state index in [-0.39, 0.29) is 16.8 Å². The van der Waals surface area contributed by atoms with Gasteiger partial charge in [-0.1, -0.05) is 58.7 Å². The molecule has 0 aliphatic carbocycles. The highest BCUT2D eigenvalue weighted by Gasteiger charge is 2.10. The highest BCUT2D eigenvalue weighted by Crippen LogP contribution is 2.06. The zero-order valence-electron chi connectivity index (χ0n) is 8.77. The smallest absolute Gasteiger partial charge is 0.271 e. The molecule has 0 bridgehead atoms. The maximum absolute atomic E-state index is 11.2. The van der Waals surface area contributed by atoms with Gasteiger partial charge in [0.2, 0.25) is 0 Å². The summed E-state index contributed by atoms with van der Waals surface area (Å²) in [5.74, 6) is -0.669. The maximum atomic E-state index is 11.2. The Balaban J connectivity index is 2.77. The van der Waals surface area contributed by atoms with Crippen LogP contribution in [0.5, 0.6) is 0 Å². The Morgan fingerprint density at radius 1 is 1.35 bits per heavy atom. The van der Waals surface area contributed by atoms with E-state index in [1.54, 1.807) is 24.3 Å². The van der Waals surface area contributed by atoms with E-state index in [1.165, 1.54) is 6.08 Å². The van der Waals surface area contributed by atoms with Crippen LogP contribution in [0.4, 0.5) is 0 Å². The van der Waals surface area contributed by atoms with Crippen LogP contribution in [0.1, 0.15) is 5.56 Å². The predicted octanol–water partition coefficient (Wildman–Crippen LogP) is 2.21. The number of benzene rings is 1. The lowest BCUT2D eigenvalue weighted by Crippen LogP contribution is -2.24. The van der Waals surface area contributed by atoms with Gasteiger partial charge in [-0.2, -0.15) is 0 Å². The van der Waals surface area contributed by atoms with Crippen LogP contribution in [-0.2, 0) is 9.63 Å². The molecule has 0 radical (unpaired) electrons. The van der Waals surface area contributed by atoms with Crippen molar-refractivity contribution in [1.29, 1.82) is 0 Å². The van der Waals surface area contributed by atoms with E-state index in [0.29, 0.717) is 5.56 Å². The van der Waals surface area contributed by atoms with Crippen LogP contribution >= 0.6 is 23.2 Å². The highest BCUT2D eigenvalue weighted by molar-refractivity contribution is 6.55. The first kappa shape index (κ1) is 13.5. The standard InChI is InChI=1S/C11H10Cl2N2O2/c12-9(13)6-7-17-15-10(11(14)16)8-4-2-1-3-5-8/h1-6H,7H2,(H2,14,16)/b15-10+. The Bertz CT molecular complexity index is 440. The van der Waals surface area contributed by atoms with E-state index in [4.69, 9.17) is 33.8 Å². The average Bonchev–Trinajstić information content (AvgIpc) is 2.29. The second-order valence-corrected chi connectivity index (χ2v) is 3.97. The van der Waals surface area contributed by atoms with Crippen molar-refractivity contribution in [2.24, 2.45) is 10.9 Å². The van der Waals surface area contributed by atoms with Crippen LogP contribution in [0, 0.1) is 0 Å². The average molecular weight is 273 g/mol. The fraction of sp³-hybridized carbons (Fsp3) is 0.0909. The van der Waals surface area contributed by atoms with Gasteiger partial charge in [0.05, 0.1) is 0 Å². The Kier molecular flexibility index (Phi) is 5.52. The summed E-state index contributed by atoms with van der Waals surface area (Å²) in [4.78, 5) is 16.0. The number of rotatable bonds is 5. The van der Waals surface area contributed by atoms with Crippen molar-refractivity contribution in [2.45, 2.75) is 0 Å². The van der Waals surface area contributed by atoms with E-state index >= 15 is 0 Å². The van der Waals surface area contributed by atoms with E-state index in [2.05, 4.69) is 5.16 Å². The maximum Gasteiger partial charge on any atom is 0.271 e. The Morgan fingerprint density at radius 2 is 2.00 bits per heavy atom. The van der Waals surface area contributed by atoms with Crippen LogP contribution in [0.2, 0.25) is 0 Å². The number of oxime groups is 1. The second-order valence-electron chi connectivity index (χ2n) is 2.96. The molecule has 0 fully saturated rings. The summed E-state index contributed by atoms with van der Waals surface area (Å²) in [7, 11) is 0. The monoisotopic (exact) mass is 272 g/mol. The number of hydrogen-bond donors (Lipinski definition) is 1. The quantitative estimate of drug-likeness (QED) is 0.508. The Hall–Kier alpha value is -1.52. The number of halogens is 2.